The molecule has 3 nitrogen and oxygen atoms in total. The molecule has 0 radical (unpaired) electrons. The van der Waals surface area contributed by atoms with Crippen LogP contribution in [0.25, 0.3) is 0 Å². The molecule has 2 heterocycles. The monoisotopic (exact) mass is 301 g/mol. The van der Waals surface area contributed by atoms with Gasteiger partial charge in [-0.2, -0.15) is 0 Å². The van der Waals surface area contributed by atoms with Crippen LogP contribution in [-0.4, -0.2) is 35.6 Å². The van der Waals surface area contributed by atoms with Gasteiger partial charge in [0.25, 0.3) is 0 Å². The van der Waals surface area contributed by atoms with E-state index in [1.807, 2.05) is 0 Å². The Morgan fingerprint density at radius 1 is 1.33 bits per heavy atom. The zero-order valence-corrected chi connectivity index (χ0v) is 13.4. The molecule has 4 heteroatoms. The number of thiazole rings is 1. The number of aromatic nitrogens is 1. The fourth-order valence-electron chi connectivity index (χ4n) is 2.85. The van der Waals surface area contributed by atoms with Crippen LogP contribution in [0.1, 0.15) is 22.7 Å². The second kappa shape index (κ2) is 7.16. The third-order valence-corrected chi connectivity index (χ3v) is 5.01. The molecule has 3 rings (SSSR count). The summed E-state index contributed by atoms with van der Waals surface area (Å²) in [5.41, 5.74) is 2.57. The summed E-state index contributed by atoms with van der Waals surface area (Å²) in [7, 11) is 0. The number of aryl methyl sites for hydroxylation is 1. The van der Waals surface area contributed by atoms with Crippen molar-refractivity contribution >= 4 is 11.3 Å². The highest BCUT2D eigenvalue weighted by Crippen LogP contribution is 2.13. The molecule has 1 saturated heterocycles. The van der Waals surface area contributed by atoms with Gasteiger partial charge in [-0.25, -0.2) is 4.98 Å². The van der Waals surface area contributed by atoms with Crippen LogP contribution in [0.2, 0.25) is 0 Å². The zero-order valence-electron chi connectivity index (χ0n) is 12.6. The SMILES string of the molecule is Cc1csc(CNC2CCN(CCc3ccccc3)C2)n1. The topological polar surface area (TPSA) is 28.2 Å². The van der Waals surface area contributed by atoms with E-state index in [4.69, 9.17) is 0 Å². The average Bonchev–Trinajstić information content (AvgIpc) is 3.13. The van der Waals surface area contributed by atoms with Crippen LogP contribution in [-0.2, 0) is 13.0 Å². The molecule has 0 aliphatic carbocycles. The highest BCUT2D eigenvalue weighted by molar-refractivity contribution is 7.09. The van der Waals surface area contributed by atoms with Crippen molar-refractivity contribution in [2.24, 2.45) is 0 Å². The van der Waals surface area contributed by atoms with Crippen molar-refractivity contribution < 1.29 is 0 Å². The Morgan fingerprint density at radius 2 is 2.19 bits per heavy atom. The Balaban J connectivity index is 1.39. The Morgan fingerprint density at radius 3 is 2.95 bits per heavy atom. The second-order valence-electron chi connectivity index (χ2n) is 5.79. The van der Waals surface area contributed by atoms with Gasteiger partial charge < -0.3 is 10.2 Å². The lowest BCUT2D eigenvalue weighted by Gasteiger charge is -2.16. The number of likely N-dealkylation sites (tertiary alicyclic amines) is 1. The molecule has 21 heavy (non-hydrogen) atoms. The van der Waals surface area contributed by atoms with E-state index < -0.39 is 0 Å². The number of rotatable bonds is 6. The first-order valence-electron chi connectivity index (χ1n) is 7.70. The van der Waals surface area contributed by atoms with Gasteiger partial charge in [0, 0.05) is 36.8 Å². The molecule has 0 saturated carbocycles. The number of hydrogen-bond donors (Lipinski definition) is 1. The van der Waals surface area contributed by atoms with Gasteiger partial charge in [0.1, 0.15) is 5.01 Å². The zero-order chi connectivity index (χ0) is 14.5. The smallest absolute Gasteiger partial charge is 0.107 e. The van der Waals surface area contributed by atoms with Gasteiger partial charge in [-0.15, -0.1) is 11.3 Å². The molecule has 1 aliphatic heterocycles. The van der Waals surface area contributed by atoms with E-state index in [2.05, 4.69) is 57.8 Å². The van der Waals surface area contributed by atoms with Crippen LogP contribution in [0.4, 0.5) is 0 Å². The molecule has 1 unspecified atom stereocenters. The van der Waals surface area contributed by atoms with Gasteiger partial charge in [0.2, 0.25) is 0 Å². The molecule has 0 spiro atoms. The standard InChI is InChI=1S/C17H23N3S/c1-14-13-21-17(19-14)11-18-16-8-10-20(12-16)9-7-15-5-3-2-4-6-15/h2-6,13,16,18H,7-12H2,1H3. The lowest BCUT2D eigenvalue weighted by Crippen LogP contribution is -2.32. The van der Waals surface area contributed by atoms with Crippen molar-refractivity contribution in [2.45, 2.75) is 32.4 Å². The van der Waals surface area contributed by atoms with E-state index >= 15 is 0 Å². The van der Waals surface area contributed by atoms with Gasteiger partial charge in [0.15, 0.2) is 0 Å². The number of nitrogens with one attached hydrogen (secondary N) is 1. The molecule has 0 amide bonds. The first-order valence-corrected chi connectivity index (χ1v) is 8.58. The van der Waals surface area contributed by atoms with Gasteiger partial charge in [0.05, 0.1) is 0 Å². The normalized spacial score (nSPS) is 19.2. The lowest BCUT2D eigenvalue weighted by molar-refractivity contribution is 0.331. The fraction of sp³-hybridized carbons (Fsp3) is 0.471. The van der Waals surface area contributed by atoms with Crippen molar-refractivity contribution in [3.05, 3.63) is 52.0 Å². The van der Waals surface area contributed by atoms with E-state index in [0.29, 0.717) is 6.04 Å². The molecular weight excluding hydrogens is 278 g/mol. The molecule has 1 aromatic carbocycles. The Bertz CT molecular complexity index is 552. The highest BCUT2D eigenvalue weighted by Gasteiger charge is 2.21. The minimum Gasteiger partial charge on any atom is -0.306 e. The largest absolute Gasteiger partial charge is 0.306 e. The van der Waals surface area contributed by atoms with Crippen molar-refractivity contribution in [2.75, 3.05) is 19.6 Å². The predicted molar refractivity (Wildman–Crippen MR) is 88.7 cm³/mol. The molecule has 1 aromatic heterocycles. The summed E-state index contributed by atoms with van der Waals surface area (Å²) in [5.74, 6) is 0. The summed E-state index contributed by atoms with van der Waals surface area (Å²) >= 11 is 1.75. The van der Waals surface area contributed by atoms with E-state index in [1.54, 1.807) is 11.3 Å². The quantitative estimate of drug-likeness (QED) is 0.889. The van der Waals surface area contributed by atoms with Crippen LogP contribution in [0.3, 0.4) is 0 Å². The molecule has 1 atom stereocenters. The van der Waals surface area contributed by atoms with Crippen LogP contribution in [0.15, 0.2) is 35.7 Å². The maximum Gasteiger partial charge on any atom is 0.107 e. The van der Waals surface area contributed by atoms with Crippen molar-refractivity contribution in [3.63, 3.8) is 0 Å². The average molecular weight is 301 g/mol. The Hall–Kier alpha value is -1.23. The van der Waals surface area contributed by atoms with Crippen molar-refractivity contribution in [1.82, 2.24) is 15.2 Å². The van der Waals surface area contributed by atoms with Gasteiger partial charge >= 0.3 is 0 Å². The molecule has 1 fully saturated rings. The summed E-state index contributed by atoms with van der Waals surface area (Å²) < 4.78 is 0. The molecule has 0 bridgehead atoms. The summed E-state index contributed by atoms with van der Waals surface area (Å²) in [5, 5.41) is 6.97. The molecule has 112 valence electrons. The van der Waals surface area contributed by atoms with Gasteiger partial charge in [-0.1, -0.05) is 30.3 Å². The maximum absolute atomic E-state index is 4.51. The van der Waals surface area contributed by atoms with Crippen LogP contribution < -0.4 is 5.32 Å². The molecule has 2 aromatic rings. The highest BCUT2D eigenvalue weighted by atomic mass is 32.1. The van der Waals surface area contributed by atoms with E-state index in [0.717, 1.165) is 25.2 Å². The number of hydrogen-bond acceptors (Lipinski definition) is 4. The summed E-state index contributed by atoms with van der Waals surface area (Å²) in [6.45, 7) is 6.51. The first-order chi connectivity index (χ1) is 10.3. The predicted octanol–water partition coefficient (Wildman–Crippen LogP) is 2.86. The van der Waals surface area contributed by atoms with E-state index in [9.17, 15) is 0 Å². The summed E-state index contributed by atoms with van der Waals surface area (Å²) in [6.07, 6.45) is 2.40. The van der Waals surface area contributed by atoms with Gasteiger partial charge in [-0.05, 0) is 31.9 Å². The molecule has 1 N–H and O–H groups in total. The second-order valence-corrected chi connectivity index (χ2v) is 6.73. The fourth-order valence-corrected chi connectivity index (χ4v) is 3.57. The minimum absolute atomic E-state index is 0.616. The van der Waals surface area contributed by atoms with Crippen LogP contribution >= 0.6 is 11.3 Å². The molecule has 1 aliphatic rings. The van der Waals surface area contributed by atoms with E-state index in [-0.39, 0.29) is 0 Å². The summed E-state index contributed by atoms with van der Waals surface area (Å²) in [4.78, 5) is 7.08. The van der Waals surface area contributed by atoms with Crippen molar-refractivity contribution in [3.8, 4) is 0 Å². The minimum atomic E-state index is 0.616. The number of benzene rings is 1. The van der Waals surface area contributed by atoms with Crippen LogP contribution in [0.5, 0.6) is 0 Å². The Labute approximate surface area is 131 Å². The van der Waals surface area contributed by atoms with Gasteiger partial charge in [-0.3, -0.25) is 0 Å². The lowest BCUT2D eigenvalue weighted by atomic mass is 10.1. The van der Waals surface area contributed by atoms with E-state index in [1.165, 1.54) is 30.1 Å². The third-order valence-electron chi connectivity index (χ3n) is 4.04. The third kappa shape index (κ3) is 4.37. The summed E-state index contributed by atoms with van der Waals surface area (Å²) in [6, 6.07) is 11.4. The molecular formula is C17H23N3S. The van der Waals surface area contributed by atoms with Crippen LogP contribution in [0, 0.1) is 6.92 Å². The maximum atomic E-state index is 4.51. The Kier molecular flexibility index (Phi) is 5.01. The van der Waals surface area contributed by atoms with Crippen molar-refractivity contribution in [1.29, 1.82) is 0 Å². The first kappa shape index (κ1) is 14.7. The number of nitrogens with zero attached hydrogens (tertiary/aromatic N) is 2.